The number of hydrogen-bond acceptors (Lipinski definition) is 4. The lowest BCUT2D eigenvalue weighted by atomic mass is 9.90. The Morgan fingerprint density at radius 2 is 1.95 bits per heavy atom. The van der Waals surface area contributed by atoms with Crippen LogP contribution in [-0.2, 0) is 9.47 Å². The lowest BCUT2D eigenvalue weighted by Crippen LogP contribution is -2.42. The number of nitrogens with zero attached hydrogens (tertiary/aromatic N) is 1. The zero-order valence-corrected chi connectivity index (χ0v) is 13.0. The van der Waals surface area contributed by atoms with Gasteiger partial charge in [-0.1, -0.05) is 6.92 Å². The minimum atomic E-state index is 0.671. The van der Waals surface area contributed by atoms with Crippen molar-refractivity contribution in [3.05, 3.63) is 0 Å². The van der Waals surface area contributed by atoms with E-state index in [1.807, 2.05) is 0 Å². The van der Waals surface area contributed by atoms with Gasteiger partial charge >= 0.3 is 0 Å². The van der Waals surface area contributed by atoms with E-state index in [2.05, 4.69) is 24.1 Å². The molecular formula is C15H32N2O2. The number of likely N-dealkylation sites (tertiary alicyclic amines) is 1. The average Bonchev–Trinajstić information content (AvgIpc) is 2.43. The molecule has 0 amide bonds. The first-order valence-corrected chi connectivity index (χ1v) is 7.80. The summed E-state index contributed by atoms with van der Waals surface area (Å²) >= 11 is 0. The fourth-order valence-electron chi connectivity index (χ4n) is 2.80. The maximum absolute atomic E-state index is 5.49. The number of piperidine rings is 1. The second-order valence-electron chi connectivity index (χ2n) is 5.48. The summed E-state index contributed by atoms with van der Waals surface area (Å²) in [4.78, 5) is 2.58. The molecule has 0 aromatic heterocycles. The molecule has 0 spiro atoms. The van der Waals surface area contributed by atoms with Crippen LogP contribution in [0.2, 0.25) is 0 Å². The van der Waals surface area contributed by atoms with Crippen LogP contribution in [0.15, 0.2) is 0 Å². The van der Waals surface area contributed by atoms with Gasteiger partial charge in [-0.25, -0.2) is 0 Å². The van der Waals surface area contributed by atoms with Gasteiger partial charge in [0.1, 0.15) is 0 Å². The molecule has 0 aromatic rings. The Kier molecular flexibility index (Phi) is 9.43. The van der Waals surface area contributed by atoms with Crippen LogP contribution in [0.4, 0.5) is 0 Å². The quantitative estimate of drug-likeness (QED) is 0.614. The van der Waals surface area contributed by atoms with Crippen LogP contribution in [0.25, 0.3) is 0 Å². The van der Waals surface area contributed by atoms with Gasteiger partial charge in [0.15, 0.2) is 0 Å². The monoisotopic (exact) mass is 272 g/mol. The van der Waals surface area contributed by atoms with Crippen molar-refractivity contribution in [2.45, 2.75) is 39.2 Å². The summed E-state index contributed by atoms with van der Waals surface area (Å²) in [5.41, 5.74) is 0. The van der Waals surface area contributed by atoms with Crippen LogP contribution < -0.4 is 5.32 Å². The molecule has 1 rings (SSSR count). The molecule has 0 aliphatic carbocycles. The van der Waals surface area contributed by atoms with Gasteiger partial charge in [-0.05, 0) is 51.7 Å². The maximum atomic E-state index is 5.49. The fraction of sp³-hybridized carbons (Fsp3) is 1.00. The molecule has 0 bridgehead atoms. The Bertz CT molecular complexity index is 206. The third-order valence-electron chi connectivity index (χ3n) is 4.06. The Balaban J connectivity index is 2.00. The van der Waals surface area contributed by atoms with Crippen LogP contribution in [0.1, 0.15) is 33.1 Å². The Labute approximate surface area is 118 Å². The highest BCUT2D eigenvalue weighted by molar-refractivity contribution is 4.79. The SMILES string of the molecule is CCNC(C)C1CCN(CCCOCCOC)CC1. The lowest BCUT2D eigenvalue weighted by Gasteiger charge is -2.35. The van der Waals surface area contributed by atoms with E-state index < -0.39 is 0 Å². The van der Waals surface area contributed by atoms with Crippen molar-refractivity contribution in [2.24, 2.45) is 5.92 Å². The van der Waals surface area contributed by atoms with Crippen molar-refractivity contribution in [1.29, 1.82) is 0 Å². The molecule has 1 unspecified atom stereocenters. The highest BCUT2D eigenvalue weighted by atomic mass is 16.5. The van der Waals surface area contributed by atoms with Crippen LogP contribution in [0.3, 0.4) is 0 Å². The Hall–Kier alpha value is -0.160. The van der Waals surface area contributed by atoms with E-state index in [0.717, 1.165) is 32.1 Å². The standard InChI is InChI=1S/C15H32N2O2/c1-4-16-14(2)15-6-9-17(10-7-15)8-5-11-19-13-12-18-3/h14-16H,4-13H2,1-3H3. The largest absolute Gasteiger partial charge is 0.382 e. The van der Waals surface area contributed by atoms with E-state index in [0.29, 0.717) is 12.6 Å². The van der Waals surface area contributed by atoms with Crippen molar-refractivity contribution in [3.63, 3.8) is 0 Å². The number of ether oxygens (including phenoxy) is 2. The molecule has 114 valence electrons. The summed E-state index contributed by atoms with van der Waals surface area (Å²) in [5.74, 6) is 0.856. The van der Waals surface area contributed by atoms with E-state index in [-0.39, 0.29) is 0 Å². The maximum Gasteiger partial charge on any atom is 0.0700 e. The smallest absolute Gasteiger partial charge is 0.0700 e. The fourth-order valence-corrected chi connectivity index (χ4v) is 2.80. The van der Waals surface area contributed by atoms with Crippen LogP contribution in [-0.4, -0.2) is 64.1 Å². The molecule has 19 heavy (non-hydrogen) atoms. The van der Waals surface area contributed by atoms with E-state index in [4.69, 9.17) is 9.47 Å². The molecule has 1 aliphatic heterocycles. The zero-order valence-electron chi connectivity index (χ0n) is 13.0. The van der Waals surface area contributed by atoms with Crippen molar-refractivity contribution >= 4 is 0 Å². The second-order valence-corrected chi connectivity index (χ2v) is 5.48. The highest BCUT2D eigenvalue weighted by Crippen LogP contribution is 2.20. The molecule has 1 atom stereocenters. The summed E-state index contributed by atoms with van der Waals surface area (Å²) in [7, 11) is 1.71. The number of rotatable bonds is 10. The molecule has 1 N–H and O–H groups in total. The van der Waals surface area contributed by atoms with Gasteiger partial charge in [-0.15, -0.1) is 0 Å². The molecule has 1 aliphatic rings. The third-order valence-corrected chi connectivity index (χ3v) is 4.06. The van der Waals surface area contributed by atoms with Gasteiger partial charge in [0.2, 0.25) is 0 Å². The van der Waals surface area contributed by atoms with Gasteiger partial charge in [0.25, 0.3) is 0 Å². The molecule has 1 fully saturated rings. The molecule has 1 heterocycles. The first-order valence-electron chi connectivity index (χ1n) is 7.80. The first-order chi connectivity index (χ1) is 9.27. The van der Waals surface area contributed by atoms with Crippen molar-refractivity contribution in [3.8, 4) is 0 Å². The summed E-state index contributed by atoms with van der Waals surface area (Å²) in [6, 6.07) is 0.671. The van der Waals surface area contributed by atoms with E-state index in [9.17, 15) is 0 Å². The van der Waals surface area contributed by atoms with E-state index in [1.54, 1.807) is 7.11 Å². The Morgan fingerprint density at radius 1 is 1.21 bits per heavy atom. The van der Waals surface area contributed by atoms with Crippen LogP contribution in [0, 0.1) is 5.92 Å². The minimum Gasteiger partial charge on any atom is -0.382 e. The third kappa shape index (κ3) is 7.25. The summed E-state index contributed by atoms with van der Waals surface area (Å²) in [6.07, 6.45) is 3.80. The first kappa shape index (κ1) is 16.9. The summed E-state index contributed by atoms with van der Waals surface area (Å²) < 4.78 is 10.4. The highest BCUT2D eigenvalue weighted by Gasteiger charge is 2.22. The van der Waals surface area contributed by atoms with Gasteiger partial charge in [-0.2, -0.15) is 0 Å². The summed E-state index contributed by atoms with van der Waals surface area (Å²) in [6.45, 7) is 11.6. The zero-order chi connectivity index (χ0) is 13.9. The van der Waals surface area contributed by atoms with Gasteiger partial charge < -0.3 is 19.7 Å². The second kappa shape index (κ2) is 10.6. The molecule has 0 saturated carbocycles. The van der Waals surface area contributed by atoms with Gasteiger partial charge in [-0.3, -0.25) is 0 Å². The predicted octanol–water partition coefficient (Wildman–Crippen LogP) is 1.75. The van der Waals surface area contributed by atoms with Crippen molar-refractivity contribution in [1.82, 2.24) is 10.2 Å². The molecule has 0 aromatic carbocycles. The molecular weight excluding hydrogens is 240 g/mol. The Morgan fingerprint density at radius 3 is 2.58 bits per heavy atom. The summed E-state index contributed by atoms with van der Waals surface area (Å²) in [5, 5.41) is 3.55. The normalized spacial score (nSPS) is 19.7. The average molecular weight is 272 g/mol. The number of hydrogen-bond donors (Lipinski definition) is 1. The lowest BCUT2D eigenvalue weighted by molar-refractivity contribution is 0.0624. The topological polar surface area (TPSA) is 33.7 Å². The molecule has 4 heteroatoms. The van der Waals surface area contributed by atoms with E-state index in [1.165, 1.54) is 32.5 Å². The van der Waals surface area contributed by atoms with Gasteiger partial charge in [0, 0.05) is 26.3 Å². The van der Waals surface area contributed by atoms with Crippen LogP contribution >= 0.6 is 0 Å². The van der Waals surface area contributed by atoms with Crippen LogP contribution in [0.5, 0.6) is 0 Å². The van der Waals surface area contributed by atoms with E-state index >= 15 is 0 Å². The van der Waals surface area contributed by atoms with Gasteiger partial charge in [0.05, 0.1) is 13.2 Å². The minimum absolute atomic E-state index is 0.671. The van der Waals surface area contributed by atoms with Crippen molar-refractivity contribution in [2.75, 3.05) is 53.1 Å². The molecule has 0 radical (unpaired) electrons. The number of nitrogens with one attached hydrogen (secondary N) is 1. The predicted molar refractivity (Wildman–Crippen MR) is 79.6 cm³/mol. The molecule has 1 saturated heterocycles. The van der Waals surface area contributed by atoms with Crippen molar-refractivity contribution < 1.29 is 9.47 Å². The number of methoxy groups -OCH3 is 1. The molecule has 4 nitrogen and oxygen atoms in total.